The molecule has 2 aromatic carbocycles. The van der Waals surface area contributed by atoms with Gasteiger partial charge in [-0.3, -0.25) is 9.98 Å². The average Bonchev–Trinajstić information content (AvgIpc) is 2.55. The first kappa shape index (κ1) is 12.3. The van der Waals surface area contributed by atoms with Crippen molar-refractivity contribution in [2.75, 3.05) is 0 Å². The molecule has 2 heteroatoms. The van der Waals surface area contributed by atoms with E-state index < -0.39 is 0 Å². The second kappa shape index (κ2) is 5.93. The lowest BCUT2D eigenvalue weighted by Gasteiger charge is -2.05. The van der Waals surface area contributed by atoms with Crippen LogP contribution in [-0.4, -0.2) is 11.2 Å². The Morgan fingerprint density at radius 1 is 0.750 bits per heavy atom. The minimum absolute atomic E-state index is 0.857. The third kappa shape index (κ3) is 2.81. The van der Waals surface area contributed by atoms with Crippen LogP contribution in [0.4, 0.5) is 5.69 Å². The molecule has 96 valence electrons. The highest BCUT2D eigenvalue weighted by Gasteiger charge is 2.02. The molecule has 1 heterocycles. The highest BCUT2D eigenvalue weighted by atomic mass is 14.8. The fourth-order valence-corrected chi connectivity index (χ4v) is 2.04. The molecule has 0 spiro atoms. The predicted molar refractivity (Wildman–Crippen MR) is 83.4 cm³/mol. The van der Waals surface area contributed by atoms with Gasteiger partial charge in [0.05, 0.1) is 17.6 Å². The summed E-state index contributed by atoms with van der Waals surface area (Å²) in [6, 6.07) is 24.2. The van der Waals surface area contributed by atoms with E-state index in [4.69, 9.17) is 0 Å². The molecule has 2 nitrogen and oxygen atoms in total. The van der Waals surface area contributed by atoms with Gasteiger partial charge in [0.25, 0.3) is 0 Å². The molecular formula is C18H14N2. The van der Waals surface area contributed by atoms with Crippen LogP contribution in [0.1, 0.15) is 5.69 Å². The average molecular weight is 258 g/mol. The van der Waals surface area contributed by atoms with Crippen LogP contribution < -0.4 is 0 Å². The summed E-state index contributed by atoms with van der Waals surface area (Å²) in [7, 11) is 0. The second-order valence-electron chi connectivity index (χ2n) is 4.40. The van der Waals surface area contributed by atoms with Crippen LogP contribution in [0.2, 0.25) is 0 Å². The number of aliphatic imine (C=N–C) groups is 1. The first-order valence-electron chi connectivity index (χ1n) is 6.53. The zero-order chi connectivity index (χ0) is 13.6. The number of hydrogen-bond acceptors (Lipinski definition) is 2. The zero-order valence-corrected chi connectivity index (χ0v) is 11.0. The van der Waals surface area contributed by atoms with Gasteiger partial charge >= 0.3 is 0 Å². The van der Waals surface area contributed by atoms with Gasteiger partial charge < -0.3 is 0 Å². The van der Waals surface area contributed by atoms with Crippen LogP contribution in [0.5, 0.6) is 0 Å². The van der Waals surface area contributed by atoms with E-state index in [1.807, 2.05) is 54.6 Å². The molecule has 0 aliphatic heterocycles. The van der Waals surface area contributed by atoms with Crippen molar-refractivity contribution in [2.24, 2.45) is 4.99 Å². The Hall–Kier alpha value is -2.74. The van der Waals surface area contributed by atoms with Crippen molar-refractivity contribution in [1.82, 2.24) is 4.98 Å². The summed E-state index contributed by atoms with van der Waals surface area (Å²) in [5, 5.41) is 0. The predicted octanol–water partition coefficient (Wildman–Crippen LogP) is 4.50. The summed E-state index contributed by atoms with van der Waals surface area (Å²) >= 11 is 0. The molecule has 0 radical (unpaired) electrons. The number of aromatic nitrogens is 1. The van der Waals surface area contributed by atoms with Crippen LogP contribution in [0.15, 0.2) is 84.0 Å². The van der Waals surface area contributed by atoms with E-state index >= 15 is 0 Å². The zero-order valence-electron chi connectivity index (χ0n) is 11.0. The molecule has 0 aliphatic rings. The smallest absolute Gasteiger partial charge is 0.0812 e. The van der Waals surface area contributed by atoms with E-state index in [0.29, 0.717) is 0 Å². The lowest BCUT2D eigenvalue weighted by molar-refractivity contribution is 1.30. The normalized spacial score (nSPS) is 10.8. The molecule has 0 unspecified atom stereocenters. The third-order valence-electron chi connectivity index (χ3n) is 3.01. The lowest BCUT2D eigenvalue weighted by atomic mass is 10.0. The summed E-state index contributed by atoms with van der Waals surface area (Å²) < 4.78 is 0. The summed E-state index contributed by atoms with van der Waals surface area (Å²) in [4.78, 5) is 8.81. The van der Waals surface area contributed by atoms with Crippen molar-refractivity contribution in [1.29, 1.82) is 0 Å². The number of benzene rings is 2. The molecule has 1 aromatic heterocycles. The third-order valence-corrected chi connectivity index (χ3v) is 3.01. The fraction of sp³-hybridized carbons (Fsp3) is 0. The van der Waals surface area contributed by atoms with E-state index in [2.05, 4.69) is 28.2 Å². The summed E-state index contributed by atoms with van der Waals surface area (Å²) in [6.45, 7) is 0. The molecule has 0 aliphatic carbocycles. The van der Waals surface area contributed by atoms with Gasteiger partial charge in [-0.2, -0.15) is 0 Å². The SMILES string of the molecule is C(=N\c1ccccc1-c1ccccc1)/c1ccccn1. The van der Waals surface area contributed by atoms with E-state index in [0.717, 1.165) is 16.9 Å². The Morgan fingerprint density at radius 3 is 2.30 bits per heavy atom. The summed E-state index contributed by atoms with van der Waals surface area (Å²) in [5.74, 6) is 0. The highest BCUT2D eigenvalue weighted by Crippen LogP contribution is 2.29. The Labute approximate surface area is 118 Å². The molecule has 0 fully saturated rings. The Bertz CT molecular complexity index is 704. The maximum absolute atomic E-state index is 4.57. The standard InChI is InChI=1S/C18H14N2/c1-2-8-15(9-3-1)17-11-4-5-12-18(17)20-14-16-10-6-7-13-19-16/h1-14H/b20-14+. The maximum atomic E-state index is 4.57. The Morgan fingerprint density at radius 2 is 1.50 bits per heavy atom. The topological polar surface area (TPSA) is 25.2 Å². The molecular weight excluding hydrogens is 244 g/mol. The molecule has 0 saturated carbocycles. The van der Waals surface area contributed by atoms with E-state index in [9.17, 15) is 0 Å². The van der Waals surface area contributed by atoms with E-state index in [1.54, 1.807) is 12.4 Å². The van der Waals surface area contributed by atoms with Crippen molar-refractivity contribution < 1.29 is 0 Å². The van der Waals surface area contributed by atoms with Crippen molar-refractivity contribution in [3.63, 3.8) is 0 Å². The van der Waals surface area contributed by atoms with E-state index in [1.165, 1.54) is 5.56 Å². The number of hydrogen-bond donors (Lipinski definition) is 0. The van der Waals surface area contributed by atoms with Crippen molar-refractivity contribution in [2.45, 2.75) is 0 Å². The van der Waals surface area contributed by atoms with Crippen LogP contribution >= 0.6 is 0 Å². The highest BCUT2D eigenvalue weighted by molar-refractivity contribution is 5.84. The number of rotatable bonds is 3. The molecule has 0 saturated heterocycles. The number of para-hydroxylation sites is 1. The minimum Gasteiger partial charge on any atom is -0.255 e. The molecule has 0 N–H and O–H groups in total. The Kier molecular flexibility index (Phi) is 3.65. The van der Waals surface area contributed by atoms with Gasteiger partial charge in [-0.05, 0) is 23.8 Å². The fourth-order valence-electron chi connectivity index (χ4n) is 2.04. The van der Waals surface area contributed by atoms with Crippen molar-refractivity contribution in [3.05, 3.63) is 84.7 Å². The summed E-state index contributed by atoms with van der Waals surface area (Å²) in [5.41, 5.74) is 4.10. The minimum atomic E-state index is 0.857. The van der Waals surface area contributed by atoms with Crippen LogP contribution in [0.25, 0.3) is 11.1 Å². The molecule has 20 heavy (non-hydrogen) atoms. The van der Waals surface area contributed by atoms with Crippen LogP contribution in [0, 0.1) is 0 Å². The molecule has 0 bridgehead atoms. The van der Waals surface area contributed by atoms with Gasteiger partial charge in [-0.25, -0.2) is 0 Å². The number of pyridine rings is 1. The monoisotopic (exact) mass is 258 g/mol. The summed E-state index contributed by atoms with van der Waals surface area (Å²) in [6.07, 6.45) is 3.56. The Balaban J connectivity index is 1.97. The van der Waals surface area contributed by atoms with Crippen molar-refractivity contribution in [3.8, 4) is 11.1 Å². The first-order valence-corrected chi connectivity index (χ1v) is 6.53. The van der Waals surface area contributed by atoms with Crippen LogP contribution in [0.3, 0.4) is 0 Å². The molecule has 0 amide bonds. The van der Waals surface area contributed by atoms with Gasteiger partial charge in [0.2, 0.25) is 0 Å². The van der Waals surface area contributed by atoms with Gasteiger partial charge in [0.1, 0.15) is 0 Å². The maximum Gasteiger partial charge on any atom is 0.0812 e. The quantitative estimate of drug-likeness (QED) is 0.635. The largest absolute Gasteiger partial charge is 0.255 e. The van der Waals surface area contributed by atoms with Gasteiger partial charge in [-0.1, -0.05) is 54.6 Å². The second-order valence-corrected chi connectivity index (χ2v) is 4.40. The van der Waals surface area contributed by atoms with Gasteiger partial charge in [0.15, 0.2) is 0 Å². The molecule has 3 aromatic rings. The first-order chi connectivity index (χ1) is 9.93. The lowest BCUT2D eigenvalue weighted by Crippen LogP contribution is -1.85. The molecule has 0 atom stereocenters. The van der Waals surface area contributed by atoms with Gasteiger partial charge in [0, 0.05) is 11.8 Å². The number of nitrogens with zero attached hydrogens (tertiary/aromatic N) is 2. The molecule has 3 rings (SSSR count). The van der Waals surface area contributed by atoms with Crippen LogP contribution in [-0.2, 0) is 0 Å². The van der Waals surface area contributed by atoms with Crippen molar-refractivity contribution >= 4 is 11.9 Å². The van der Waals surface area contributed by atoms with Gasteiger partial charge in [-0.15, -0.1) is 0 Å². The van der Waals surface area contributed by atoms with E-state index in [-0.39, 0.29) is 0 Å².